The first-order valence-electron chi connectivity index (χ1n) is 6.09. The molecule has 12 nitrogen and oxygen atoms in total. The fraction of sp³-hybridized carbons (Fsp3) is 0.400. The minimum absolute atomic E-state index is 0.239. The van der Waals surface area contributed by atoms with Crippen LogP contribution in [0.5, 0.6) is 0 Å². The van der Waals surface area contributed by atoms with Crippen molar-refractivity contribution in [3.05, 3.63) is 32.4 Å². The van der Waals surface area contributed by atoms with Gasteiger partial charge >= 0.3 is 11.4 Å². The van der Waals surface area contributed by atoms with Crippen molar-refractivity contribution >= 4 is 27.1 Å². The van der Waals surface area contributed by atoms with E-state index in [1.165, 1.54) is 0 Å². The van der Waals surface area contributed by atoms with Crippen molar-refractivity contribution in [3.63, 3.8) is 0 Å². The van der Waals surface area contributed by atoms with Gasteiger partial charge in [0.2, 0.25) is 10.0 Å². The van der Waals surface area contributed by atoms with Crippen molar-refractivity contribution in [2.75, 3.05) is 31.2 Å². The van der Waals surface area contributed by atoms with Crippen LogP contribution in [0.1, 0.15) is 0 Å². The molecule has 0 radical (unpaired) electrons. The molecule has 0 heterocycles. The highest BCUT2D eigenvalue weighted by Crippen LogP contribution is 2.39. The number of nitrogens with two attached hydrogens (primary N) is 1. The molecule has 0 unspecified atom stereocenters. The summed E-state index contributed by atoms with van der Waals surface area (Å²) < 4.78 is 22.7. The maximum absolute atomic E-state index is 11.4. The number of hydrogen-bond acceptors (Lipinski definition) is 9. The van der Waals surface area contributed by atoms with Gasteiger partial charge in [-0.1, -0.05) is 0 Å². The number of sulfonamides is 1. The molecule has 0 saturated heterocycles. The number of aliphatic hydroxyl groups is 2. The van der Waals surface area contributed by atoms with E-state index >= 15 is 0 Å². The van der Waals surface area contributed by atoms with E-state index in [-0.39, 0.29) is 13.1 Å². The van der Waals surface area contributed by atoms with Crippen LogP contribution in [0.3, 0.4) is 0 Å². The van der Waals surface area contributed by atoms with Crippen LogP contribution in [0.15, 0.2) is 17.0 Å². The van der Waals surface area contributed by atoms with Crippen molar-refractivity contribution in [3.8, 4) is 0 Å². The molecule has 1 aromatic rings. The predicted octanol–water partition coefficient (Wildman–Crippen LogP) is -1.06. The summed E-state index contributed by atoms with van der Waals surface area (Å²) in [4.78, 5) is 20.6. The minimum atomic E-state index is -4.41. The Balaban J connectivity index is 3.77. The standard InChI is InChI=1S/C10H14N4O8S/c11-23(21,22)7-5-8(13(17)18)10(9(6-7)14(19)20)12(1-3-15)2-4-16/h5-6,15-16H,1-4H2,(H2,11,21,22). The molecule has 23 heavy (non-hydrogen) atoms. The Bertz CT molecular complexity index is 679. The van der Waals surface area contributed by atoms with E-state index in [4.69, 9.17) is 15.4 Å². The van der Waals surface area contributed by atoms with Gasteiger partial charge in [0.25, 0.3) is 0 Å². The van der Waals surface area contributed by atoms with Crippen LogP contribution in [0, 0.1) is 20.2 Å². The second-order valence-electron chi connectivity index (χ2n) is 4.30. The summed E-state index contributed by atoms with van der Waals surface area (Å²) in [6, 6.07) is 1.19. The topological polar surface area (TPSA) is 190 Å². The Morgan fingerprint density at radius 3 is 1.70 bits per heavy atom. The van der Waals surface area contributed by atoms with Crippen molar-refractivity contribution in [2.45, 2.75) is 4.90 Å². The average Bonchev–Trinajstić information content (AvgIpc) is 2.44. The van der Waals surface area contributed by atoms with Crippen LogP contribution in [0.25, 0.3) is 0 Å². The van der Waals surface area contributed by atoms with Crippen LogP contribution < -0.4 is 10.0 Å². The van der Waals surface area contributed by atoms with E-state index in [1.54, 1.807) is 0 Å². The molecular formula is C10H14N4O8S. The Morgan fingerprint density at radius 1 is 1.04 bits per heavy atom. The Labute approximate surface area is 130 Å². The summed E-state index contributed by atoms with van der Waals surface area (Å²) in [5, 5.41) is 45.2. The van der Waals surface area contributed by atoms with Gasteiger partial charge in [0.05, 0.1) is 28.0 Å². The van der Waals surface area contributed by atoms with Gasteiger partial charge in [-0.25, -0.2) is 13.6 Å². The van der Waals surface area contributed by atoms with E-state index < -0.39 is 55.0 Å². The van der Waals surface area contributed by atoms with Gasteiger partial charge in [0.1, 0.15) is 0 Å². The van der Waals surface area contributed by atoms with Crippen LogP contribution in [0.2, 0.25) is 0 Å². The number of primary sulfonamides is 1. The van der Waals surface area contributed by atoms with Crippen LogP contribution in [-0.4, -0.2) is 54.8 Å². The van der Waals surface area contributed by atoms with Crippen molar-refractivity contribution in [1.29, 1.82) is 0 Å². The number of aliphatic hydroxyl groups excluding tert-OH is 2. The van der Waals surface area contributed by atoms with Crippen LogP contribution >= 0.6 is 0 Å². The third kappa shape index (κ3) is 4.32. The van der Waals surface area contributed by atoms with Gasteiger partial charge in [-0.05, 0) is 0 Å². The smallest absolute Gasteiger partial charge is 0.301 e. The van der Waals surface area contributed by atoms with Gasteiger partial charge in [-0.15, -0.1) is 0 Å². The molecule has 0 aliphatic heterocycles. The fourth-order valence-electron chi connectivity index (χ4n) is 1.92. The monoisotopic (exact) mass is 350 g/mol. The molecular weight excluding hydrogens is 336 g/mol. The quantitative estimate of drug-likeness (QED) is 0.387. The number of nitro groups is 2. The number of anilines is 1. The first-order valence-corrected chi connectivity index (χ1v) is 7.64. The van der Waals surface area contributed by atoms with E-state index in [0.29, 0.717) is 12.1 Å². The normalized spacial score (nSPS) is 11.3. The summed E-state index contributed by atoms with van der Waals surface area (Å²) in [7, 11) is -4.41. The van der Waals surface area contributed by atoms with Gasteiger partial charge in [-0.3, -0.25) is 20.2 Å². The Morgan fingerprint density at radius 2 is 1.43 bits per heavy atom. The fourth-order valence-corrected chi connectivity index (χ4v) is 2.47. The predicted molar refractivity (Wildman–Crippen MR) is 77.5 cm³/mol. The zero-order valence-corrected chi connectivity index (χ0v) is 12.5. The van der Waals surface area contributed by atoms with Crippen molar-refractivity contribution in [2.24, 2.45) is 5.14 Å². The number of hydrogen-bond donors (Lipinski definition) is 3. The van der Waals surface area contributed by atoms with E-state index in [1.807, 2.05) is 0 Å². The third-order valence-corrected chi connectivity index (χ3v) is 3.71. The van der Waals surface area contributed by atoms with Crippen molar-refractivity contribution in [1.82, 2.24) is 0 Å². The molecule has 0 atom stereocenters. The van der Waals surface area contributed by atoms with Gasteiger partial charge in [0.15, 0.2) is 5.69 Å². The first-order chi connectivity index (χ1) is 10.6. The SMILES string of the molecule is NS(=O)(=O)c1cc([N+](=O)[O-])c(N(CCO)CCO)c([N+](=O)[O-])c1. The number of rotatable bonds is 8. The van der Waals surface area contributed by atoms with E-state index in [2.05, 4.69) is 0 Å². The van der Waals surface area contributed by atoms with Crippen LogP contribution in [-0.2, 0) is 10.0 Å². The molecule has 0 amide bonds. The molecule has 0 bridgehead atoms. The van der Waals surface area contributed by atoms with Gasteiger partial charge in [0, 0.05) is 25.2 Å². The molecule has 1 aromatic carbocycles. The highest BCUT2D eigenvalue weighted by molar-refractivity contribution is 7.89. The van der Waals surface area contributed by atoms with E-state index in [0.717, 1.165) is 4.90 Å². The maximum Gasteiger partial charge on any atom is 0.301 e. The number of benzene rings is 1. The summed E-state index contributed by atoms with van der Waals surface area (Å²) in [6.45, 7) is -1.47. The Kier molecular flexibility index (Phi) is 5.91. The second kappa shape index (κ2) is 7.28. The average molecular weight is 350 g/mol. The molecule has 1 rings (SSSR count). The minimum Gasteiger partial charge on any atom is -0.395 e. The lowest BCUT2D eigenvalue weighted by atomic mass is 10.2. The number of nitro benzene ring substituents is 2. The summed E-state index contributed by atoms with van der Waals surface area (Å²) >= 11 is 0. The second-order valence-corrected chi connectivity index (χ2v) is 5.87. The number of nitrogens with zero attached hydrogens (tertiary/aromatic N) is 3. The molecule has 0 spiro atoms. The van der Waals surface area contributed by atoms with E-state index in [9.17, 15) is 28.6 Å². The van der Waals surface area contributed by atoms with Gasteiger partial charge < -0.3 is 15.1 Å². The molecule has 0 fully saturated rings. The molecule has 0 saturated carbocycles. The summed E-state index contributed by atoms with van der Waals surface area (Å²) in [5.41, 5.74) is -2.26. The zero-order valence-electron chi connectivity index (χ0n) is 11.7. The van der Waals surface area contributed by atoms with Crippen LogP contribution in [0.4, 0.5) is 17.1 Å². The lowest BCUT2D eigenvalue weighted by molar-refractivity contribution is -0.393. The molecule has 4 N–H and O–H groups in total. The summed E-state index contributed by atoms with van der Waals surface area (Å²) in [6.07, 6.45) is 0. The largest absolute Gasteiger partial charge is 0.395 e. The molecule has 13 heteroatoms. The molecule has 0 aromatic heterocycles. The molecule has 128 valence electrons. The lowest BCUT2D eigenvalue weighted by Crippen LogP contribution is -2.31. The lowest BCUT2D eigenvalue weighted by Gasteiger charge is -2.22. The first kappa shape index (κ1) is 18.7. The van der Waals surface area contributed by atoms with Gasteiger partial charge in [-0.2, -0.15) is 0 Å². The van der Waals surface area contributed by atoms with Crippen molar-refractivity contribution < 1.29 is 28.5 Å². The maximum atomic E-state index is 11.4. The molecule has 0 aliphatic rings. The highest BCUT2D eigenvalue weighted by atomic mass is 32.2. The zero-order chi connectivity index (χ0) is 17.8. The third-order valence-electron chi connectivity index (χ3n) is 2.82. The summed E-state index contributed by atoms with van der Waals surface area (Å²) in [5.74, 6) is 0. The Hall–Kier alpha value is -2.35. The molecule has 0 aliphatic carbocycles. The highest BCUT2D eigenvalue weighted by Gasteiger charge is 2.32.